The van der Waals surface area contributed by atoms with Crippen LogP contribution in [0.4, 0.5) is 0 Å². The molecule has 2 unspecified atom stereocenters. The molecule has 6 nitrogen and oxygen atoms in total. The second kappa shape index (κ2) is 4.56. The SMILES string of the molecule is CCC(CC(C)S(=O)(=O)O)S(=O)(=O)O. The van der Waals surface area contributed by atoms with Gasteiger partial charge in [0.15, 0.2) is 0 Å². The Hall–Kier alpha value is -0.180. The van der Waals surface area contributed by atoms with Gasteiger partial charge in [0.05, 0.1) is 10.5 Å². The Morgan fingerprint density at radius 2 is 1.50 bits per heavy atom. The summed E-state index contributed by atoms with van der Waals surface area (Å²) in [6.07, 6.45) is -0.215. The second-order valence-corrected chi connectivity index (χ2v) is 6.64. The summed E-state index contributed by atoms with van der Waals surface area (Å²) in [4.78, 5) is 0. The van der Waals surface area contributed by atoms with E-state index in [-0.39, 0.29) is 12.8 Å². The Morgan fingerprint density at radius 3 is 1.71 bits per heavy atom. The molecule has 0 fully saturated rings. The van der Waals surface area contributed by atoms with E-state index in [2.05, 4.69) is 0 Å². The molecule has 0 amide bonds. The fourth-order valence-electron chi connectivity index (χ4n) is 0.991. The van der Waals surface area contributed by atoms with Crippen LogP contribution in [0.5, 0.6) is 0 Å². The first-order chi connectivity index (χ1) is 6.09. The molecule has 0 bridgehead atoms. The van der Waals surface area contributed by atoms with E-state index in [0.29, 0.717) is 0 Å². The summed E-state index contributed by atoms with van der Waals surface area (Å²) in [7, 11) is -8.49. The Labute approximate surface area is 83.8 Å². The molecule has 0 aromatic heterocycles. The summed E-state index contributed by atoms with van der Waals surface area (Å²) in [6.45, 7) is 2.69. The summed E-state index contributed by atoms with van der Waals surface area (Å²) in [5, 5.41) is -2.35. The third-order valence-electron chi connectivity index (χ3n) is 1.98. The summed E-state index contributed by atoms with van der Waals surface area (Å²) >= 11 is 0. The molecule has 8 heteroatoms. The van der Waals surface area contributed by atoms with Gasteiger partial charge in [-0.2, -0.15) is 16.8 Å². The van der Waals surface area contributed by atoms with Crippen LogP contribution in [0, 0.1) is 0 Å². The van der Waals surface area contributed by atoms with E-state index in [1.807, 2.05) is 0 Å². The van der Waals surface area contributed by atoms with Crippen LogP contribution in [0.2, 0.25) is 0 Å². The van der Waals surface area contributed by atoms with Crippen LogP contribution in [-0.2, 0) is 20.2 Å². The zero-order chi connectivity index (χ0) is 11.6. The molecule has 0 saturated carbocycles. The minimum absolute atomic E-state index is 0.0959. The predicted octanol–water partition coefficient (Wildman–Crippen LogP) is 0.319. The second-order valence-electron chi connectivity index (χ2n) is 3.11. The van der Waals surface area contributed by atoms with Gasteiger partial charge in [-0.05, 0) is 19.8 Å². The highest BCUT2D eigenvalue weighted by Gasteiger charge is 2.28. The molecular formula is C6H14O6S2. The Balaban J connectivity index is 4.67. The molecular weight excluding hydrogens is 232 g/mol. The van der Waals surface area contributed by atoms with Gasteiger partial charge >= 0.3 is 0 Å². The molecule has 14 heavy (non-hydrogen) atoms. The highest BCUT2D eigenvalue weighted by atomic mass is 32.2. The summed E-state index contributed by atoms with van der Waals surface area (Å²) in [5.41, 5.74) is 0. The smallest absolute Gasteiger partial charge is 0.267 e. The van der Waals surface area contributed by atoms with Gasteiger partial charge in [0.2, 0.25) is 0 Å². The molecule has 0 rings (SSSR count). The minimum atomic E-state index is -4.25. The van der Waals surface area contributed by atoms with E-state index in [1.165, 1.54) is 13.8 Å². The topological polar surface area (TPSA) is 109 Å². The average molecular weight is 246 g/mol. The fourth-order valence-corrected chi connectivity index (χ4v) is 2.54. The molecule has 0 aliphatic heterocycles. The maximum atomic E-state index is 10.7. The molecule has 2 N–H and O–H groups in total. The van der Waals surface area contributed by atoms with Crippen molar-refractivity contribution in [1.29, 1.82) is 0 Å². The van der Waals surface area contributed by atoms with E-state index in [9.17, 15) is 16.8 Å². The van der Waals surface area contributed by atoms with E-state index in [1.54, 1.807) is 0 Å². The summed E-state index contributed by atoms with van der Waals surface area (Å²) in [5.74, 6) is 0. The van der Waals surface area contributed by atoms with Crippen molar-refractivity contribution in [2.45, 2.75) is 37.2 Å². The molecule has 86 valence electrons. The first-order valence-corrected chi connectivity index (χ1v) is 7.02. The average Bonchev–Trinajstić information content (AvgIpc) is 1.95. The van der Waals surface area contributed by atoms with Crippen LogP contribution in [0.1, 0.15) is 26.7 Å². The van der Waals surface area contributed by atoms with Crippen molar-refractivity contribution < 1.29 is 25.9 Å². The lowest BCUT2D eigenvalue weighted by Gasteiger charge is -2.14. The Bertz CT molecular complexity index is 367. The maximum Gasteiger partial charge on any atom is 0.267 e. The van der Waals surface area contributed by atoms with Crippen molar-refractivity contribution in [1.82, 2.24) is 0 Å². The van der Waals surface area contributed by atoms with Crippen molar-refractivity contribution in [3.05, 3.63) is 0 Å². The first kappa shape index (κ1) is 13.8. The van der Waals surface area contributed by atoms with Gasteiger partial charge in [0.25, 0.3) is 20.2 Å². The van der Waals surface area contributed by atoms with E-state index in [0.717, 1.165) is 0 Å². The molecule has 0 aromatic carbocycles. The van der Waals surface area contributed by atoms with Gasteiger partial charge in [-0.3, -0.25) is 9.11 Å². The largest absolute Gasteiger partial charge is 0.285 e. The Kier molecular flexibility index (Phi) is 4.50. The summed E-state index contributed by atoms with van der Waals surface area (Å²) < 4.78 is 59.9. The van der Waals surface area contributed by atoms with E-state index in [4.69, 9.17) is 9.11 Å². The monoisotopic (exact) mass is 246 g/mol. The molecule has 2 atom stereocenters. The highest BCUT2D eigenvalue weighted by molar-refractivity contribution is 7.87. The molecule has 0 aliphatic carbocycles. The zero-order valence-corrected chi connectivity index (χ0v) is 9.55. The van der Waals surface area contributed by atoms with Gasteiger partial charge in [0.1, 0.15) is 0 Å². The first-order valence-electron chi connectivity index (χ1n) is 4.01. The minimum Gasteiger partial charge on any atom is -0.285 e. The lowest BCUT2D eigenvalue weighted by atomic mass is 10.2. The van der Waals surface area contributed by atoms with Gasteiger partial charge in [0, 0.05) is 0 Å². The van der Waals surface area contributed by atoms with Crippen LogP contribution >= 0.6 is 0 Å². The van der Waals surface area contributed by atoms with Crippen molar-refractivity contribution in [3.8, 4) is 0 Å². The quantitative estimate of drug-likeness (QED) is 0.676. The fraction of sp³-hybridized carbons (Fsp3) is 1.00. The molecule has 0 radical (unpaired) electrons. The molecule has 0 saturated heterocycles. The molecule has 0 spiro atoms. The molecule has 0 aromatic rings. The van der Waals surface area contributed by atoms with Gasteiger partial charge in [-0.15, -0.1) is 0 Å². The standard InChI is InChI=1S/C6H14O6S2/c1-3-6(14(10,11)12)4-5(2)13(7,8)9/h5-6H,3-4H2,1-2H3,(H,7,8,9)(H,10,11,12). The van der Waals surface area contributed by atoms with Gasteiger partial charge in [-0.1, -0.05) is 6.92 Å². The van der Waals surface area contributed by atoms with Gasteiger partial charge < -0.3 is 0 Å². The van der Waals surface area contributed by atoms with Crippen LogP contribution in [-0.4, -0.2) is 36.4 Å². The predicted molar refractivity (Wildman–Crippen MR) is 51.3 cm³/mol. The van der Waals surface area contributed by atoms with Crippen molar-refractivity contribution in [2.24, 2.45) is 0 Å². The molecule has 0 aliphatic rings. The third kappa shape index (κ3) is 4.36. The van der Waals surface area contributed by atoms with Crippen LogP contribution in [0.15, 0.2) is 0 Å². The molecule has 0 heterocycles. The van der Waals surface area contributed by atoms with Crippen LogP contribution in [0.3, 0.4) is 0 Å². The van der Waals surface area contributed by atoms with Gasteiger partial charge in [-0.25, -0.2) is 0 Å². The lowest BCUT2D eigenvalue weighted by Crippen LogP contribution is -2.28. The normalized spacial score (nSPS) is 17.7. The van der Waals surface area contributed by atoms with Crippen LogP contribution < -0.4 is 0 Å². The zero-order valence-electron chi connectivity index (χ0n) is 7.91. The number of hydrogen-bond donors (Lipinski definition) is 2. The van der Waals surface area contributed by atoms with Crippen molar-refractivity contribution >= 4 is 20.2 Å². The number of rotatable bonds is 5. The number of hydrogen-bond acceptors (Lipinski definition) is 4. The maximum absolute atomic E-state index is 10.7. The lowest BCUT2D eigenvalue weighted by molar-refractivity contribution is 0.445. The van der Waals surface area contributed by atoms with Crippen LogP contribution in [0.25, 0.3) is 0 Å². The van der Waals surface area contributed by atoms with Crippen molar-refractivity contribution in [3.63, 3.8) is 0 Å². The van der Waals surface area contributed by atoms with Crippen molar-refractivity contribution in [2.75, 3.05) is 0 Å². The summed E-state index contributed by atoms with van der Waals surface area (Å²) in [6, 6.07) is 0. The van der Waals surface area contributed by atoms with E-state index < -0.39 is 30.7 Å². The third-order valence-corrected chi connectivity index (χ3v) is 4.56. The van der Waals surface area contributed by atoms with E-state index >= 15 is 0 Å². The Morgan fingerprint density at radius 1 is 1.07 bits per heavy atom. The highest BCUT2D eigenvalue weighted by Crippen LogP contribution is 2.15.